The highest BCUT2D eigenvalue weighted by atomic mass is 16.2. The zero-order valence-electron chi connectivity index (χ0n) is 15.6. The Morgan fingerprint density at radius 1 is 0.926 bits per heavy atom. The van der Waals surface area contributed by atoms with Crippen molar-refractivity contribution in [2.75, 3.05) is 26.2 Å². The summed E-state index contributed by atoms with van der Waals surface area (Å²) in [6.07, 6.45) is 1.96. The van der Waals surface area contributed by atoms with Crippen LogP contribution in [-0.4, -0.2) is 42.9 Å². The number of carbonyl (C=O) groups excluding carboxylic acids is 2. The van der Waals surface area contributed by atoms with Crippen molar-refractivity contribution in [3.63, 3.8) is 0 Å². The van der Waals surface area contributed by atoms with Crippen molar-refractivity contribution in [2.45, 2.75) is 19.4 Å². The van der Waals surface area contributed by atoms with E-state index in [0.29, 0.717) is 18.7 Å². The lowest BCUT2D eigenvalue weighted by Crippen LogP contribution is -2.44. The highest BCUT2D eigenvalue weighted by Crippen LogP contribution is 2.18. The van der Waals surface area contributed by atoms with Gasteiger partial charge in [0.2, 0.25) is 5.91 Å². The van der Waals surface area contributed by atoms with Crippen LogP contribution in [0.25, 0.3) is 0 Å². The zero-order valence-corrected chi connectivity index (χ0v) is 15.6. The molecule has 0 bridgehead atoms. The molecule has 2 N–H and O–H groups in total. The molecular formula is C22H27N3O2. The number of benzene rings is 2. The molecular weight excluding hydrogens is 338 g/mol. The Morgan fingerprint density at radius 2 is 1.59 bits per heavy atom. The van der Waals surface area contributed by atoms with Crippen LogP contribution in [0.1, 0.15) is 28.8 Å². The third kappa shape index (κ3) is 5.93. The molecule has 3 rings (SSSR count). The molecule has 1 atom stereocenters. The quantitative estimate of drug-likeness (QED) is 0.741. The Labute approximate surface area is 160 Å². The van der Waals surface area contributed by atoms with Crippen molar-refractivity contribution in [3.8, 4) is 0 Å². The third-order valence-corrected chi connectivity index (χ3v) is 4.87. The lowest BCUT2D eigenvalue weighted by atomic mass is 9.96. The first-order chi connectivity index (χ1) is 13.2. The monoisotopic (exact) mass is 365 g/mol. The Bertz CT molecular complexity index is 734. The van der Waals surface area contributed by atoms with Crippen molar-refractivity contribution in [1.29, 1.82) is 0 Å². The van der Waals surface area contributed by atoms with Crippen LogP contribution in [-0.2, 0) is 11.3 Å². The van der Waals surface area contributed by atoms with E-state index in [1.165, 1.54) is 5.56 Å². The van der Waals surface area contributed by atoms with Gasteiger partial charge in [0.25, 0.3) is 5.91 Å². The Balaban J connectivity index is 1.38. The van der Waals surface area contributed by atoms with E-state index in [1.54, 1.807) is 12.1 Å². The minimum Gasteiger partial charge on any atom is -0.354 e. The van der Waals surface area contributed by atoms with E-state index < -0.39 is 0 Å². The van der Waals surface area contributed by atoms with Crippen LogP contribution in [0, 0.1) is 5.92 Å². The maximum atomic E-state index is 12.5. The van der Waals surface area contributed by atoms with Gasteiger partial charge in [0.1, 0.15) is 0 Å². The molecule has 0 aliphatic carbocycles. The summed E-state index contributed by atoms with van der Waals surface area (Å²) in [5.41, 5.74) is 1.91. The summed E-state index contributed by atoms with van der Waals surface area (Å²) in [5.74, 6) is -0.00874. The normalized spacial score (nSPS) is 17.3. The molecule has 5 nitrogen and oxygen atoms in total. The summed E-state index contributed by atoms with van der Waals surface area (Å²) in [5, 5.41) is 5.80. The van der Waals surface area contributed by atoms with Crippen molar-refractivity contribution in [2.24, 2.45) is 5.92 Å². The fourth-order valence-corrected chi connectivity index (χ4v) is 3.45. The average Bonchev–Trinajstić information content (AvgIpc) is 2.72. The van der Waals surface area contributed by atoms with Gasteiger partial charge >= 0.3 is 0 Å². The third-order valence-electron chi connectivity index (χ3n) is 4.87. The predicted molar refractivity (Wildman–Crippen MR) is 106 cm³/mol. The molecule has 1 aliphatic rings. The molecule has 0 aromatic heterocycles. The van der Waals surface area contributed by atoms with Crippen molar-refractivity contribution in [3.05, 3.63) is 71.8 Å². The second-order valence-corrected chi connectivity index (χ2v) is 6.97. The van der Waals surface area contributed by atoms with E-state index in [9.17, 15) is 9.59 Å². The molecule has 0 radical (unpaired) electrons. The fourth-order valence-electron chi connectivity index (χ4n) is 3.45. The van der Waals surface area contributed by atoms with Crippen LogP contribution in [0.5, 0.6) is 0 Å². The molecule has 1 heterocycles. The SMILES string of the molecule is O=C(NCCNC(=O)C1CCCN(Cc2ccccc2)C1)c1ccccc1. The Morgan fingerprint density at radius 3 is 2.33 bits per heavy atom. The Kier molecular flexibility index (Phi) is 6.99. The summed E-state index contributed by atoms with van der Waals surface area (Å²) in [6, 6.07) is 19.5. The Hall–Kier alpha value is -2.66. The molecule has 5 heteroatoms. The first-order valence-electron chi connectivity index (χ1n) is 9.59. The van der Waals surface area contributed by atoms with Gasteiger partial charge in [-0.3, -0.25) is 14.5 Å². The number of nitrogens with zero attached hydrogens (tertiary/aromatic N) is 1. The van der Waals surface area contributed by atoms with Crippen molar-refractivity contribution < 1.29 is 9.59 Å². The number of hydrogen-bond acceptors (Lipinski definition) is 3. The first-order valence-corrected chi connectivity index (χ1v) is 9.59. The highest BCUT2D eigenvalue weighted by Gasteiger charge is 2.25. The fraction of sp³-hybridized carbons (Fsp3) is 0.364. The van der Waals surface area contributed by atoms with E-state index in [2.05, 4.69) is 27.7 Å². The molecule has 1 fully saturated rings. The molecule has 0 spiro atoms. The summed E-state index contributed by atoms with van der Waals surface area (Å²) in [6.45, 7) is 3.59. The molecule has 1 unspecified atom stereocenters. The van der Waals surface area contributed by atoms with E-state index >= 15 is 0 Å². The first kappa shape index (κ1) is 19.1. The number of rotatable bonds is 7. The van der Waals surface area contributed by atoms with Crippen molar-refractivity contribution >= 4 is 11.8 Å². The average molecular weight is 365 g/mol. The number of hydrogen-bond donors (Lipinski definition) is 2. The van der Waals surface area contributed by atoms with Gasteiger partial charge in [-0.25, -0.2) is 0 Å². The van der Waals surface area contributed by atoms with E-state index in [0.717, 1.165) is 32.5 Å². The van der Waals surface area contributed by atoms with Crippen LogP contribution in [0.3, 0.4) is 0 Å². The van der Waals surface area contributed by atoms with Gasteiger partial charge in [0, 0.05) is 31.7 Å². The maximum Gasteiger partial charge on any atom is 0.251 e. The number of carbonyl (C=O) groups is 2. The topological polar surface area (TPSA) is 61.4 Å². The smallest absolute Gasteiger partial charge is 0.251 e. The van der Waals surface area contributed by atoms with Gasteiger partial charge in [0.15, 0.2) is 0 Å². The van der Waals surface area contributed by atoms with Crippen LogP contribution < -0.4 is 10.6 Å². The molecule has 1 aliphatic heterocycles. The zero-order chi connectivity index (χ0) is 18.9. The van der Waals surface area contributed by atoms with Gasteiger partial charge < -0.3 is 10.6 Å². The molecule has 142 valence electrons. The lowest BCUT2D eigenvalue weighted by Gasteiger charge is -2.32. The number of likely N-dealkylation sites (tertiary alicyclic amines) is 1. The molecule has 2 aromatic carbocycles. The number of piperidine rings is 1. The van der Waals surface area contributed by atoms with Crippen LogP contribution in [0.4, 0.5) is 0 Å². The molecule has 1 saturated heterocycles. The minimum absolute atomic E-state index is 0.0206. The standard InChI is InChI=1S/C22H27N3O2/c26-21(19-10-5-2-6-11-19)23-13-14-24-22(27)20-12-7-15-25(17-20)16-18-8-3-1-4-9-18/h1-6,8-11,20H,7,12-17H2,(H,23,26)(H,24,27). The largest absolute Gasteiger partial charge is 0.354 e. The second-order valence-electron chi connectivity index (χ2n) is 6.97. The van der Waals surface area contributed by atoms with Gasteiger partial charge in [-0.05, 0) is 37.1 Å². The van der Waals surface area contributed by atoms with Gasteiger partial charge in [-0.2, -0.15) is 0 Å². The summed E-state index contributed by atoms with van der Waals surface area (Å²) >= 11 is 0. The maximum absolute atomic E-state index is 12.5. The highest BCUT2D eigenvalue weighted by molar-refractivity contribution is 5.94. The summed E-state index contributed by atoms with van der Waals surface area (Å²) < 4.78 is 0. The lowest BCUT2D eigenvalue weighted by molar-refractivity contribution is -0.126. The van der Waals surface area contributed by atoms with Crippen molar-refractivity contribution in [1.82, 2.24) is 15.5 Å². The number of nitrogens with one attached hydrogen (secondary N) is 2. The van der Waals surface area contributed by atoms with Crippen LogP contribution in [0.15, 0.2) is 60.7 Å². The predicted octanol–water partition coefficient (Wildman–Crippen LogP) is 2.44. The number of amides is 2. The summed E-state index contributed by atoms with van der Waals surface area (Å²) in [4.78, 5) is 26.8. The van der Waals surface area contributed by atoms with E-state index in [1.807, 2.05) is 36.4 Å². The van der Waals surface area contributed by atoms with Gasteiger partial charge in [-0.15, -0.1) is 0 Å². The molecule has 27 heavy (non-hydrogen) atoms. The minimum atomic E-state index is -0.114. The molecule has 2 aromatic rings. The summed E-state index contributed by atoms with van der Waals surface area (Å²) in [7, 11) is 0. The van der Waals surface area contributed by atoms with Crippen LogP contribution in [0.2, 0.25) is 0 Å². The van der Waals surface area contributed by atoms with Gasteiger partial charge in [0.05, 0.1) is 5.92 Å². The molecule has 2 amide bonds. The van der Waals surface area contributed by atoms with E-state index in [4.69, 9.17) is 0 Å². The van der Waals surface area contributed by atoms with Crippen LogP contribution >= 0.6 is 0 Å². The van der Waals surface area contributed by atoms with Gasteiger partial charge in [-0.1, -0.05) is 48.5 Å². The molecule has 0 saturated carbocycles. The second kappa shape index (κ2) is 9.88. The van der Waals surface area contributed by atoms with E-state index in [-0.39, 0.29) is 17.7 Å².